The molecule has 0 saturated carbocycles. The minimum atomic E-state index is -4.64. The van der Waals surface area contributed by atoms with Crippen molar-refractivity contribution < 1.29 is 22.7 Å². The summed E-state index contributed by atoms with van der Waals surface area (Å²) in [5.41, 5.74) is 2.08. The average molecular weight is 470 g/mol. The Morgan fingerprint density at radius 1 is 1.15 bits per heavy atom. The molecule has 0 spiro atoms. The number of aliphatic hydroxyl groups excluding tert-OH is 1. The maximum absolute atomic E-state index is 14.6. The number of pyridine rings is 2. The number of anilines is 1. The fourth-order valence-electron chi connectivity index (χ4n) is 4.01. The molecule has 1 aromatic carbocycles. The third kappa shape index (κ3) is 3.63. The fraction of sp³-hybridized carbons (Fsp3) is 0.174. The molecule has 4 aromatic heterocycles. The summed E-state index contributed by atoms with van der Waals surface area (Å²) in [4.78, 5) is 11.7. The quantitative estimate of drug-likeness (QED) is 0.313. The predicted molar refractivity (Wildman–Crippen MR) is 119 cm³/mol. The van der Waals surface area contributed by atoms with Gasteiger partial charge in [0.2, 0.25) is 0 Å². The first-order chi connectivity index (χ1) is 16.3. The first-order valence-corrected chi connectivity index (χ1v) is 10.4. The van der Waals surface area contributed by atoms with Gasteiger partial charge in [0.15, 0.2) is 5.69 Å². The van der Waals surface area contributed by atoms with E-state index in [9.17, 15) is 22.7 Å². The molecule has 0 radical (unpaired) electrons. The minimum Gasteiger partial charge on any atom is -0.392 e. The molecular formula is C23H18F4N6O. The van der Waals surface area contributed by atoms with E-state index in [1.807, 2.05) is 6.92 Å². The van der Waals surface area contributed by atoms with Gasteiger partial charge in [0.1, 0.15) is 11.5 Å². The van der Waals surface area contributed by atoms with Gasteiger partial charge in [0.05, 0.1) is 28.9 Å². The highest BCUT2D eigenvalue weighted by Crippen LogP contribution is 2.39. The highest BCUT2D eigenvalue weighted by molar-refractivity contribution is 6.15. The zero-order chi connectivity index (χ0) is 24.0. The molecule has 0 aliphatic rings. The van der Waals surface area contributed by atoms with Gasteiger partial charge < -0.3 is 15.4 Å². The summed E-state index contributed by atoms with van der Waals surface area (Å²) in [7, 11) is 0. The Morgan fingerprint density at radius 3 is 2.68 bits per heavy atom. The second kappa shape index (κ2) is 8.10. The number of H-pyrrole nitrogens is 1. The van der Waals surface area contributed by atoms with E-state index < -0.39 is 17.7 Å². The summed E-state index contributed by atoms with van der Waals surface area (Å²) < 4.78 is 55.7. The van der Waals surface area contributed by atoms with E-state index in [-0.39, 0.29) is 12.3 Å². The molecule has 11 heteroatoms. The third-order valence-electron chi connectivity index (χ3n) is 5.43. The Morgan fingerprint density at radius 2 is 1.97 bits per heavy atom. The van der Waals surface area contributed by atoms with Gasteiger partial charge in [-0.15, -0.1) is 0 Å². The molecule has 0 aliphatic heterocycles. The van der Waals surface area contributed by atoms with E-state index in [0.29, 0.717) is 50.9 Å². The Balaban J connectivity index is 1.89. The van der Waals surface area contributed by atoms with Crippen molar-refractivity contribution in [1.29, 1.82) is 0 Å². The van der Waals surface area contributed by atoms with E-state index in [1.54, 1.807) is 6.07 Å². The SMILES string of the molecule is CCNc1cc(F)cc2c1[nH]c1ncc(-c3cncc(CO)c3)c(-n3ccc(C(F)(F)F)n3)c12. The maximum atomic E-state index is 14.6. The molecule has 174 valence electrons. The molecule has 0 saturated heterocycles. The van der Waals surface area contributed by atoms with Crippen LogP contribution in [0.2, 0.25) is 0 Å². The van der Waals surface area contributed by atoms with Crippen molar-refractivity contribution in [2.45, 2.75) is 19.7 Å². The van der Waals surface area contributed by atoms with Crippen LogP contribution in [0.5, 0.6) is 0 Å². The topological polar surface area (TPSA) is 91.6 Å². The highest BCUT2D eigenvalue weighted by Gasteiger charge is 2.34. The standard InChI is InChI=1S/C23H18F4N6O/c1-2-29-17-7-14(24)6-15-19-21(33-4-3-18(32-33)23(25,26)27)16(10-30-22(19)31-20(15)17)13-5-12(11-34)8-28-9-13/h3-10,29,34H,2,11H2,1H3,(H,30,31). The zero-order valence-corrected chi connectivity index (χ0v) is 17.8. The number of aromatic nitrogens is 5. The Kier molecular flexibility index (Phi) is 5.20. The van der Waals surface area contributed by atoms with E-state index in [1.165, 1.54) is 36.9 Å². The molecular weight excluding hydrogens is 452 g/mol. The number of nitrogens with zero attached hydrogens (tertiary/aromatic N) is 4. The van der Waals surface area contributed by atoms with E-state index in [2.05, 4.69) is 25.4 Å². The monoisotopic (exact) mass is 470 g/mol. The first-order valence-electron chi connectivity index (χ1n) is 10.4. The Hall–Kier alpha value is -3.99. The van der Waals surface area contributed by atoms with Gasteiger partial charge in [-0.1, -0.05) is 0 Å². The van der Waals surface area contributed by atoms with E-state index in [4.69, 9.17) is 0 Å². The van der Waals surface area contributed by atoms with Crippen LogP contribution in [-0.2, 0) is 12.8 Å². The summed E-state index contributed by atoms with van der Waals surface area (Å²) in [5, 5.41) is 17.2. The summed E-state index contributed by atoms with van der Waals surface area (Å²) in [5.74, 6) is -0.513. The van der Waals surface area contributed by atoms with Crippen molar-refractivity contribution in [3.05, 3.63) is 66.1 Å². The number of fused-ring (bicyclic) bond motifs is 3. The van der Waals surface area contributed by atoms with Crippen LogP contribution in [0.15, 0.2) is 49.1 Å². The highest BCUT2D eigenvalue weighted by atomic mass is 19.4. The van der Waals surface area contributed by atoms with Crippen LogP contribution in [0.4, 0.5) is 23.2 Å². The molecule has 0 fully saturated rings. The summed E-state index contributed by atoms with van der Waals surface area (Å²) in [6.45, 7) is 2.13. The molecule has 3 N–H and O–H groups in total. The smallest absolute Gasteiger partial charge is 0.392 e. The van der Waals surface area contributed by atoms with Crippen LogP contribution in [0.3, 0.4) is 0 Å². The van der Waals surface area contributed by atoms with Crippen molar-refractivity contribution in [3.63, 3.8) is 0 Å². The van der Waals surface area contributed by atoms with Crippen molar-refractivity contribution in [1.82, 2.24) is 24.7 Å². The molecule has 0 unspecified atom stereocenters. The Bertz CT molecular complexity index is 1520. The van der Waals surface area contributed by atoms with Gasteiger partial charge in [-0.25, -0.2) is 14.1 Å². The number of aliphatic hydroxyl groups is 1. The van der Waals surface area contributed by atoms with Crippen molar-refractivity contribution in [2.75, 3.05) is 11.9 Å². The zero-order valence-electron chi connectivity index (χ0n) is 17.8. The molecule has 0 aliphatic carbocycles. The number of hydrogen-bond acceptors (Lipinski definition) is 5. The van der Waals surface area contributed by atoms with Crippen LogP contribution in [-0.4, -0.2) is 36.4 Å². The number of nitrogens with one attached hydrogen (secondary N) is 2. The molecule has 5 aromatic rings. The summed E-state index contributed by atoms with van der Waals surface area (Å²) in [6, 6.07) is 5.18. The normalized spacial score (nSPS) is 12.1. The molecule has 4 heterocycles. The molecule has 7 nitrogen and oxygen atoms in total. The molecule has 0 atom stereocenters. The summed E-state index contributed by atoms with van der Waals surface area (Å²) >= 11 is 0. The second-order valence-corrected chi connectivity index (χ2v) is 7.66. The van der Waals surface area contributed by atoms with E-state index in [0.717, 1.165) is 10.7 Å². The minimum absolute atomic E-state index is 0.268. The van der Waals surface area contributed by atoms with Crippen LogP contribution in [0, 0.1) is 5.82 Å². The number of aromatic amines is 1. The lowest BCUT2D eigenvalue weighted by Gasteiger charge is -2.12. The van der Waals surface area contributed by atoms with Gasteiger partial charge in [-0.2, -0.15) is 18.3 Å². The Labute approximate surface area is 190 Å². The predicted octanol–water partition coefficient (Wildman–Crippen LogP) is 5.05. The molecule has 0 amide bonds. The first kappa shape index (κ1) is 21.8. The number of hydrogen-bond donors (Lipinski definition) is 3. The maximum Gasteiger partial charge on any atom is 0.435 e. The number of halogens is 4. The lowest BCUT2D eigenvalue weighted by Crippen LogP contribution is -2.08. The van der Waals surface area contributed by atoms with Gasteiger partial charge in [-0.05, 0) is 36.8 Å². The lowest BCUT2D eigenvalue weighted by atomic mass is 10.0. The van der Waals surface area contributed by atoms with Crippen LogP contribution < -0.4 is 5.32 Å². The van der Waals surface area contributed by atoms with Gasteiger partial charge in [0, 0.05) is 47.8 Å². The average Bonchev–Trinajstić information content (AvgIpc) is 3.44. The van der Waals surface area contributed by atoms with Gasteiger partial charge >= 0.3 is 6.18 Å². The molecule has 5 rings (SSSR count). The van der Waals surface area contributed by atoms with Crippen LogP contribution >= 0.6 is 0 Å². The van der Waals surface area contributed by atoms with Crippen LogP contribution in [0.1, 0.15) is 18.2 Å². The fourth-order valence-corrected chi connectivity index (χ4v) is 4.01. The largest absolute Gasteiger partial charge is 0.435 e. The number of benzene rings is 1. The van der Waals surface area contributed by atoms with Crippen molar-refractivity contribution in [3.8, 4) is 16.8 Å². The second-order valence-electron chi connectivity index (χ2n) is 7.66. The van der Waals surface area contributed by atoms with Gasteiger partial charge in [-0.3, -0.25) is 4.98 Å². The van der Waals surface area contributed by atoms with Crippen LogP contribution in [0.25, 0.3) is 38.8 Å². The molecule has 34 heavy (non-hydrogen) atoms. The van der Waals surface area contributed by atoms with Crippen molar-refractivity contribution in [2.24, 2.45) is 0 Å². The van der Waals surface area contributed by atoms with Crippen molar-refractivity contribution >= 4 is 27.6 Å². The third-order valence-corrected chi connectivity index (χ3v) is 5.43. The summed E-state index contributed by atoms with van der Waals surface area (Å²) in [6.07, 6.45) is 1.05. The number of alkyl halides is 3. The lowest BCUT2D eigenvalue weighted by molar-refractivity contribution is -0.141. The van der Waals surface area contributed by atoms with Gasteiger partial charge in [0.25, 0.3) is 0 Å². The van der Waals surface area contributed by atoms with E-state index >= 15 is 0 Å². The number of rotatable bonds is 5. The molecule has 0 bridgehead atoms.